The number of hydrogen-bond donors (Lipinski definition) is 2. The molecular weight excluding hydrogens is 278 g/mol. The van der Waals surface area contributed by atoms with E-state index in [4.69, 9.17) is 4.99 Å². The molecular formula is C15H19N7. The molecule has 0 saturated carbocycles. The Kier molecular flexibility index (Phi) is 2.49. The fraction of sp³-hybridized carbons (Fsp3) is 0.533. The second kappa shape index (κ2) is 4.42. The van der Waals surface area contributed by atoms with Crippen molar-refractivity contribution in [2.45, 2.75) is 18.4 Å². The fourth-order valence-electron chi connectivity index (χ4n) is 4.07. The first-order valence-electron chi connectivity index (χ1n) is 7.95. The molecule has 0 amide bonds. The summed E-state index contributed by atoms with van der Waals surface area (Å²) in [5.41, 5.74) is 0.888. The quantitative estimate of drug-likeness (QED) is 0.805. The van der Waals surface area contributed by atoms with Gasteiger partial charge in [0, 0.05) is 19.3 Å². The van der Waals surface area contributed by atoms with Gasteiger partial charge in [-0.1, -0.05) is 6.07 Å². The Labute approximate surface area is 128 Å². The zero-order valence-corrected chi connectivity index (χ0v) is 12.4. The Morgan fingerprint density at radius 3 is 2.95 bits per heavy atom. The van der Waals surface area contributed by atoms with Gasteiger partial charge in [-0.05, 0) is 44.0 Å². The molecule has 4 aliphatic heterocycles. The lowest BCUT2D eigenvalue weighted by Gasteiger charge is -2.49. The summed E-state index contributed by atoms with van der Waals surface area (Å²) < 4.78 is 1.77. The standard InChI is InChI=1S/C15H19N7/c1-2-6-22-12(3-1)17-14(20-22)18-13-16-9-15(19-13)10-21-7-4-11(15)5-8-21/h1-3,6,11H,4-5,7-10H2,(H2,16,18,19,20). The van der Waals surface area contributed by atoms with Crippen molar-refractivity contribution >= 4 is 17.6 Å². The number of rotatable bonds is 1. The van der Waals surface area contributed by atoms with E-state index in [0.29, 0.717) is 11.9 Å². The number of aliphatic imine (C=N–C) groups is 1. The van der Waals surface area contributed by atoms with Crippen LogP contribution in [0.5, 0.6) is 0 Å². The molecule has 22 heavy (non-hydrogen) atoms. The van der Waals surface area contributed by atoms with Gasteiger partial charge in [-0.3, -0.25) is 5.32 Å². The molecule has 7 heteroatoms. The van der Waals surface area contributed by atoms with Gasteiger partial charge < -0.3 is 10.2 Å². The van der Waals surface area contributed by atoms with Crippen LogP contribution in [0.1, 0.15) is 12.8 Å². The highest BCUT2D eigenvalue weighted by molar-refractivity contribution is 5.94. The zero-order valence-electron chi connectivity index (χ0n) is 12.4. The number of anilines is 1. The molecule has 7 nitrogen and oxygen atoms in total. The molecule has 1 unspecified atom stereocenters. The Bertz CT molecular complexity index is 710. The van der Waals surface area contributed by atoms with E-state index >= 15 is 0 Å². The van der Waals surface area contributed by atoms with Gasteiger partial charge in [0.1, 0.15) is 0 Å². The van der Waals surface area contributed by atoms with Crippen LogP contribution in [0, 0.1) is 5.92 Å². The highest BCUT2D eigenvalue weighted by atomic mass is 15.4. The Hall–Kier alpha value is -2.15. The number of pyridine rings is 1. The largest absolute Gasteiger partial charge is 0.354 e. The molecule has 2 aromatic heterocycles. The molecule has 0 radical (unpaired) electrons. The average molecular weight is 297 g/mol. The molecule has 6 heterocycles. The minimum atomic E-state index is 0.0536. The second-order valence-electron chi connectivity index (χ2n) is 6.53. The SMILES string of the molecule is c1ccn2nc(NC3=NC4(CN3)CN3CCC4CC3)nc2c1. The number of fused-ring (bicyclic) bond motifs is 3. The molecule has 2 N–H and O–H groups in total. The molecule has 2 bridgehead atoms. The van der Waals surface area contributed by atoms with E-state index < -0.39 is 0 Å². The predicted molar refractivity (Wildman–Crippen MR) is 83.9 cm³/mol. The summed E-state index contributed by atoms with van der Waals surface area (Å²) in [5.74, 6) is 2.11. The summed E-state index contributed by atoms with van der Waals surface area (Å²) >= 11 is 0. The minimum absolute atomic E-state index is 0.0536. The molecule has 1 atom stereocenters. The Morgan fingerprint density at radius 2 is 2.18 bits per heavy atom. The third kappa shape index (κ3) is 1.81. The Balaban J connectivity index is 1.41. The van der Waals surface area contributed by atoms with Crippen molar-refractivity contribution in [3.05, 3.63) is 24.4 Å². The molecule has 0 aliphatic carbocycles. The third-order valence-electron chi connectivity index (χ3n) is 5.21. The van der Waals surface area contributed by atoms with Gasteiger partial charge in [-0.2, -0.15) is 4.98 Å². The summed E-state index contributed by atoms with van der Waals surface area (Å²) in [6, 6.07) is 5.84. The lowest BCUT2D eigenvalue weighted by Crippen LogP contribution is -2.59. The van der Waals surface area contributed by atoms with E-state index in [1.807, 2.05) is 24.4 Å². The predicted octanol–water partition coefficient (Wildman–Crippen LogP) is 0.565. The molecule has 114 valence electrons. The first-order chi connectivity index (χ1) is 10.8. The van der Waals surface area contributed by atoms with Gasteiger partial charge in [-0.25, -0.2) is 9.51 Å². The molecule has 4 aliphatic rings. The summed E-state index contributed by atoms with van der Waals surface area (Å²) in [7, 11) is 0. The van der Waals surface area contributed by atoms with Crippen LogP contribution in [0.25, 0.3) is 5.65 Å². The minimum Gasteiger partial charge on any atom is -0.354 e. The van der Waals surface area contributed by atoms with Gasteiger partial charge in [0.05, 0.1) is 5.54 Å². The van der Waals surface area contributed by atoms with Crippen LogP contribution in [-0.2, 0) is 0 Å². The number of piperidine rings is 3. The van der Waals surface area contributed by atoms with E-state index in [0.717, 1.165) is 24.7 Å². The van der Waals surface area contributed by atoms with Crippen LogP contribution < -0.4 is 10.6 Å². The number of hydrogen-bond acceptors (Lipinski definition) is 6. The smallest absolute Gasteiger partial charge is 0.249 e. The zero-order chi connectivity index (χ0) is 14.6. The lowest BCUT2D eigenvalue weighted by atomic mass is 9.73. The molecule has 6 rings (SSSR count). The van der Waals surface area contributed by atoms with Crippen molar-refractivity contribution in [1.82, 2.24) is 24.8 Å². The first-order valence-corrected chi connectivity index (χ1v) is 7.95. The van der Waals surface area contributed by atoms with Crippen molar-refractivity contribution < 1.29 is 0 Å². The maximum Gasteiger partial charge on any atom is 0.249 e. The van der Waals surface area contributed by atoms with Crippen molar-refractivity contribution in [2.75, 3.05) is 31.5 Å². The van der Waals surface area contributed by atoms with E-state index in [-0.39, 0.29) is 5.54 Å². The van der Waals surface area contributed by atoms with E-state index in [1.54, 1.807) is 4.52 Å². The highest BCUT2D eigenvalue weighted by Gasteiger charge is 2.49. The van der Waals surface area contributed by atoms with Crippen LogP contribution in [0.3, 0.4) is 0 Å². The number of nitrogens with zero attached hydrogens (tertiary/aromatic N) is 5. The van der Waals surface area contributed by atoms with Crippen molar-refractivity contribution in [1.29, 1.82) is 0 Å². The maximum atomic E-state index is 4.99. The summed E-state index contributed by atoms with van der Waals surface area (Å²) in [5, 5.41) is 11.1. The molecule has 3 fully saturated rings. The summed E-state index contributed by atoms with van der Waals surface area (Å²) in [6.45, 7) is 4.47. The van der Waals surface area contributed by atoms with Gasteiger partial charge >= 0.3 is 0 Å². The summed E-state index contributed by atoms with van der Waals surface area (Å²) in [6.07, 6.45) is 4.43. The van der Waals surface area contributed by atoms with E-state index in [9.17, 15) is 0 Å². The van der Waals surface area contributed by atoms with Crippen LogP contribution in [0.4, 0.5) is 5.95 Å². The number of aromatic nitrogens is 3. The second-order valence-corrected chi connectivity index (χ2v) is 6.53. The van der Waals surface area contributed by atoms with Gasteiger partial charge in [0.2, 0.25) is 5.95 Å². The van der Waals surface area contributed by atoms with Crippen LogP contribution in [-0.4, -0.2) is 57.2 Å². The topological polar surface area (TPSA) is 69.8 Å². The molecule has 0 aromatic carbocycles. The number of nitrogens with one attached hydrogen (secondary N) is 2. The number of guanidine groups is 1. The fourth-order valence-corrected chi connectivity index (χ4v) is 4.07. The van der Waals surface area contributed by atoms with Crippen molar-refractivity contribution in [2.24, 2.45) is 10.9 Å². The molecule has 2 aromatic rings. The van der Waals surface area contributed by atoms with Crippen molar-refractivity contribution in [3.8, 4) is 0 Å². The van der Waals surface area contributed by atoms with Gasteiger partial charge in [0.25, 0.3) is 0 Å². The van der Waals surface area contributed by atoms with Gasteiger partial charge in [0.15, 0.2) is 11.6 Å². The normalized spacial score (nSPS) is 33.2. The van der Waals surface area contributed by atoms with Crippen LogP contribution in [0.2, 0.25) is 0 Å². The van der Waals surface area contributed by atoms with Crippen molar-refractivity contribution in [3.63, 3.8) is 0 Å². The third-order valence-corrected chi connectivity index (χ3v) is 5.21. The average Bonchev–Trinajstić information content (AvgIpc) is 3.12. The first kappa shape index (κ1) is 12.4. The van der Waals surface area contributed by atoms with E-state index in [1.165, 1.54) is 25.9 Å². The monoisotopic (exact) mass is 297 g/mol. The highest BCUT2D eigenvalue weighted by Crippen LogP contribution is 2.39. The van der Waals surface area contributed by atoms with Gasteiger partial charge in [-0.15, -0.1) is 5.10 Å². The van der Waals surface area contributed by atoms with Crippen LogP contribution >= 0.6 is 0 Å². The van der Waals surface area contributed by atoms with E-state index in [2.05, 4.69) is 25.6 Å². The van der Waals surface area contributed by atoms with Crippen LogP contribution in [0.15, 0.2) is 29.4 Å². The molecule has 3 saturated heterocycles. The summed E-state index contributed by atoms with van der Waals surface area (Å²) in [4.78, 5) is 12.0. The maximum absolute atomic E-state index is 4.99. The molecule has 1 spiro atoms. The Morgan fingerprint density at radius 1 is 1.27 bits per heavy atom. The lowest BCUT2D eigenvalue weighted by molar-refractivity contribution is 0.0374.